The molecule has 25 heavy (non-hydrogen) atoms. The number of benzene rings is 2. The van der Waals surface area contributed by atoms with Gasteiger partial charge in [0.25, 0.3) is 0 Å². The van der Waals surface area contributed by atoms with E-state index in [0.29, 0.717) is 13.1 Å². The Balaban J connectivity index is 1.55. The number of hydrogen-bond acceptors (Lipinski definition) is 4. The van der Waals surface area contributed by atoms with Gasteiger partial charge in [-0.05, 0) is 41.0 Å². The zero-order valence-corrected chi connectivity index (χ0v) is 14.8. The van der Waals surface area contributed by atoms with E-state index in [1.165, 1.54) is 5.39 Å². The molecule has 130 valence electrons. The second-order valence-electron chi connectivity index (χ2n) is 6.29. The highest BCUT2D eigenvalue weighted by Crippen LogP contribution is 2.20. The van der Waals surface area contributed by atoms with Crippen molar-refractivity contribution in [1.82, 2.24) is 10.3 Å². The summed E-state index contributed by atoms with van der Waals surface area (Å²) in [6.45, 7) is 4.23. The number of rotatable bonds is 7. The van der Waals surface area contributed by atoms with Gasteiger partial charge in [-0.1, -0.05) is 42.5 Å². The predicted octanol–water partition coefficient (Wildman–Crippen LogP) is 3.51. The van der Waals surface area contributed by atoms with Crippen molar-refractivity contribution in [3.05, 3.63) is 71.9 Å². The van der Waals surface area contributed by atoms with Gasteiger partial charge in [-0.2, -0.15) is 0 Å². The van der Waals surface area contributed by atoms with Crippen molar-refractivity contribution in [3.8, 4) is 0 Å². The smallest absolute Gasteiger partial charge is 0.128 e. The minimum absolute atomic E-state index is 0.509. The molecule has 1 aromatic heterocycles. The lowest BCUT2D eigenvalue weighted by atomic mass is 10.0. The molecular formula is C21H25N3O. The first-order valence-corrected chi connectivity index (χ1v) is 8.71. The highest BCUT2D eigenvalue weighted by Gasteiger charge is 2.08. The second-order valence-corrected chi connectivity index (χ2v) is 6.29. The lowest BCUT2D eigenvalue weighted by Gasteiger charge is -2.16. The summed E-state index contributed by atoms with van der Waals surface area (Å²) < 4.78 is 0. The van der Waals surface area contributed by atoms with Gasteiger partial charge in [0.05, 0.1) is 6.10 Å². The van der Waals surface area contributed by atoms with Crippen LogP contribution in [0.25, 0.3) is 10.8 Å². The van der Waals surface area contributed by atoms with E-state index in [0.717, 1.165) is 28.9 Å². The maximum Gasteiger partial charge on any atom is 0.128 e. The van der Waals surface area contributed by atoms with Crippen LogP contribution in [-0.4, -0.2) is 30.2 Å². The number of pyridine rings is 1. The largest absolute Gasteiger partial charge is 0.387 e. The van der Waals surface area contributed by atoms with Crippen LogP contribution in [0, 0.1) is 0 Å². The van der Waals surface area contributed by atoms with Gasteiger partial charge in [-0.3, -0.25) is 0 Å². The number of nitrogens with one attached hydrogen (secondary N) is 1. The van der Waals surface area contributed by atoms with E-state index in [1.807, 2.05) is 37.5 Å². The normalized spacial score (nSPS) is 12.3. The van der Waals surface area contributed by atoms with E-state index in [-0.39, 0.29) is 0 Å². The molecule has 0 radical (unpaired) electrons. The molecular weight excluding hydrogens is 310 g/mol. The highest BCUT2D eigenvalue weighted by atomic mass is 16.3. The molecule has 3 rings (SSSR count). The predicted molar refractivity (Wildman–Crippen MR) is 104 cm³/mol. The fraction of sp³-hybridized carbons (Fsp3) is 0.286. The van der Waals surface area contributed by atoms with E-state index >= 15 is 0 Å². The van der Waals surface area contributed by atoms with Crippen LogP contribution in [0.3, 0.4) is 0 Å². The lowest BCUT2D eigenvalue weighted by Crippen LogP contribution is -2.21. The number of fused-ring (bicyclic) bond motifs is 1. The summed E-state index contributed by atoms with van der Waals surface area (Å²) in [6, 6.07) is 18.4. The summed E-state index contributed by atoms with van der Waals surface area (Å²) in [4.78, 5) is 6.56. The number of anilines is 1. The maximum absolute atomic E-state index is 10.4. The maximum atomic E-state index is 10.4. The minimum atomic E-state index is -0.525. The Labute approximate surface area is 149 Å². The van der Waals surface area contributed by atoms with Crippen LogP contribution in [0.5, 0.6) is 0 Å². The number of aliphatic hydroxyl groups is 1. The van der Waals surface area contributed by atoms with Crippen LogP contribution >= 0.6 is 0 Å². The Morgan fingerprint density at radius 2 is 1.88 bits per heavy atom. The first kappa shape index (κ1) is 17.4. The topological polar surface area (TPSA) is 48.4 Å². The molecule has 2 N–H and O–H groups in total. The molecule has 0 aliphatic rings. The highest BCUT2D eigenvalue weighted by molar-refractivity contribution is 5.83. The fourth-order valence-electron chi connectivity index (χ4n) is 2.80. The molecule has 2 aromatic carbocycles. The van der Waals surface area contributed by atoms with Gasteiger partial charge in [-0.25, -0.2) is 4.98 Å². The standard InChI is InChI=1S/C21H25N3O/c1-3-24(2)21-11-8-16(14-23-21)13-22-15-20(25)19-10-9-17-6-4-5-7-18(17)12-19/h4-12,14,20,22,25H,3,13,15H2,1-2H3/t20-/m0/s1. The monoisotopic (exact) mass is 335 g/mol. The zero-order chi connectivity index (χ0) is 17.6. The quantitative estimate of drug-likeness (QED) is 0.694. The lowest BCUT2D eigenvalue weighted by molar-refractivity contribution is 0.174. The molecule has 0 aliphatic heterocycles. The van der Waals surface area contributed by atoms with Crippen molar-refractivity contribution in [2.45, 2.75) is 19.6 Å². The molecule has 3 aromatic rings. The van der Waals surface area contributed by atoms with Gasteiger partial charge in [0, 0.05) is 32.9 Å². The molecule has 0 saturated heterocycles. The Hall–Kier alpha value is -2.43. The van der Waals surface area contributed by atoms with Crippen LogP contribution in [0.4, 0.5) is 5.82 Å². The van der Waals surface area contributed by atoms with Crippen LogP contribution in [0.2, 0.25) is 0 Å². The van der Waals surface area contributed by atoms with Crippen molar-refractivity contribution in [3.63, 3.8) is 0 Å². The number of aromatic nitrogens is 1. The summed E-state index contributed by atoms with van der Waals surface area (Å²) in [5.74, 6) is 0.974. The fourth-order valence-corrected chi connectivity index (χ4v) is 2.80. The third-order valence-electron chi connectivity index (χ3n) is 4.50. The number of aliphatic hydroxyl groups excluding tert-OH is 1. The summed E-state index contributed by atoms with van der Waals surface area (Å²) >= 11 is 0. The first-order valence-electron chi connectivity index (χ1n) is 8.71. The van der Waals surface area contributed by atoms with Crippen LogP contribution in [-0.2, 0) is 6.54 Å². The van der Waals surface area contributed by atoms with Gasteiger partial charge in [0.2, 0.25) is 0 Å². The summed E-state index contributed by atoms with van der Waals surface area (Å²) in [5.41, 5.74) is 2.04. The van der Waals surface area contributed by atoms with E-state index < -0.39 is 6.10 Å². The Morgan fingerprint density at radius 3 is 2.60 bits per heavy atom. The molecule has 4 nitrogen and oxygen atoms in total. The average Bonchev–Trinajstić information content (AvgIpc) is 2.67. The molecule has 0 unspecified atom stereocenters. The van der Waals surface area contributed by atoms with Crippen LogP contribution < -0.4 is 10.2 Å². The Bertz CT molecular complexity index is 817. The summed E-state index contributed by atoms with van der Waals surface area (Å²) in [6.07, 6.45) is 1.36. The van der Waals surface area contributed by atoms with E-state index in [2.05, 4.69) is 52.5 Å². The second kappa shape index (κ2) is 8.10. The summed E-state index contributed by atoms with van der Waals surface area (Å²) in [7, 11) is 2.03. The zero-order valence-electron chi connectivity index (χ0n) is 14.8. The van der Waals surface area contributed by atoms with Crippen molar-refractivity contribution in [2.75, 3.05) is 25.0 Å². The molecule has 1 atom stereocenters. The van der Waals surface area contributed by atoms with Crippen molar-refractivity contribution < 1.29 is 5.11 Å². The van der Waals surface area contributed by atoms with Crippen LogP contribution in [0.1, 0.15) is 24.2 Å². The number of hydrogen-bond donors (Lipinski definition) is 2. The Morgan fingerprint density at radius 1 is 1.08 bits per heavy atom. The average molecular weight is 335 g/mol. The van der Waals surface area contributed by atoms with Gasteiger partial charge < -0.3 is 15.3 Å². The first-order chi connectivity index (χ1) is 12.2. The third kappa shape index (κ3) is 4.35. The van der Waals surface area contributed by atoms with Gasteiger partial charge in [0.1, 0.15) is 5.82 Å². The van der Waals surface area contributed by atoms with E-state index in [9.17, 15) is 5.11 Å². The molecule has 0 amide bonds. The molecule has 0 aliphatic carbocycles. The van der Waals surface area contributed by atoms with Gasteiger partial charge >= 0.3 is 0 Å². The van der Waals surface area contributed by atoms with Crippen molar-refractivity contribution >= 4 is 16.6 Å². The van der Waals surface area contributed by atoms with Crippen molar-refractivity contribution in [1.29, 1.82) is 0 Å². The molecule has 1 heterocycles. The van der Waals surface area contributed by atoms with Crippen molar-refractivity contribution in [2.24, 2.45) is 0 Å². The molecule has 0 spiro atoms. The van der Waals surface area contributed by atoms with E-state index in [4.69, 9.17) is 0 Å². The van der Waals surface area contributed by atoms with E-state index in [1.54, 1.807) is 0 Å². The van der Waals surface area contributed by atoms with Crippen LogP contribution in [0.15, 0.2) is 60.8 Å². The summed E-state index contributed by atoms with van der Waals surface area (Å²) in [5, 5.41) is 16.1. The third-order valence-corrected chi connectivity index (χ3v) is 4.50. The molecule has 0 saturated carbocycles. The van der Waals surface area contributed by atoms with Gasteiger partial charge in [0.15, 0.2) is 0 Å². The Kier molecular flexibility index (Phi) is 5.64. The molecule has 0 fully saturated rings. The molecule has 4 heteroatoms. The number of nitrogens with zero attached hydrogens (tertiary/aromatic N) is 2. The minimum Gasteiger partial charge on any atom is -0.387 e. The molecule has 0 bridgehead atoms. The van der Waals surface area contributed by atoms with Gasteiger partial charge in [-0.15, -0.1) is 0 Å². The SMILES string of the molecule is CCN(C)c1ccc(CNC[C@H](O)c2ccc3ccccc3c2)cn1.